The number of hydrogen-bond acceptors (Lipinski definition) is 2. The Kier molecular flexibility index (Phi) is 4.97. The summed E-state index contributed by atoms with van der Waals surface area (Å²) < 4.78 is 0. The van der Waals surface area contributed by atoms with Crippen molar-refractivity contribution < 1.29 is 4.79 Å². The van der Waals surface area contributed by atoms with Crippen molar-refractivity contribution >= 4 is 5.91 Å². The molecule has 1 aliphatic rings. The zero-order valence-electron chi connectivity index (χ0n) is 11.9. The van der Waals surface area contributed by atoms with Gasteiger partial charge in [-0.05, 0) is 49.4 Å². The van der Waals surface area contributed by atoms with Gasteiger partial charge in [0, 0.05) is 6.92 Å². The predicted octanol–water partition coefficient (Wildman–Crippen LogP) is 2.74. The fraction of sp³-hybridized carbons (Fsp3) is 0.562. The lowest BCUT2D eigenvalue weighted by Crippen LogP contribution is -2.27. The van der Waals surface area contributed by atoms with Crippen LogP contribution < -0.4 is 10.6 Å². The first-order valence-electron chi connectivity index (χ1n) is 7.28. The van der Waals surface area contributed by atoms with E-state index in [4.69, 9.17) is 0 Å². The summed E-state index contributed by atoms with van der Waals surface area (Å²) in [5.41, 5.74) is 2.64. The van der Waals surface area contributed by atoms with Crippen LogP contribution in [-0.2, 0) is 4.79 Å². The highest BCUT2D eigenvalue weighted by molar-refractivity contribution is 5.73. The van der Waals surface area contributed by atoms with E-state index in [9.17, 15) is 4.79 Å². The number of hydrogen-bond donors (Lipinski definition) is 2. The summed E-state index contributed by atoms with van der Waals surface area (Å²) in [7, 11) is 0. The van der Waals surface area contributed by atoms with Crippen LogP contribution in [0.4, 0.5) is 0 Å². The molecule has 104 valence electrons. The van der Waals surface area contributed by atoms with Gasteiger partial charge in [0.1, 0.15) is 0 Å². The summed E-state index contributed by atoms with van der Waals surface area (Å²) in [6, 6.07) is 8.94. The Morgan fingerprint density at radius 1 is 1.32 bits per heavy atom. The maximum absolute atomic E-state index is 11.2. The topological polar surface area (TPSA) is 41.1 Å². The van der Waals surface area contributed by atoms with Gasteiger partial charge in [-0.25, -0.2) is 0 Å². The minimum Gasteiger partial charge on any atom is -0.350 e. The third-order valence-corrected chi connectivity index (χ3v) is 3.94. The van der Waals surface area contributed by atoms with Crippen molar-refractivity contribution in [1.29, 1.82) is 0 Å². The molecule has 0 bridgehead atoms. The van der Waals surface area contributed by atoms with Gasteiger partial charge >= 0.3 is 0 Å². The monoisotopic (exact) mass is 260 g/mol. The number of piperidine rings is 1. The van der Waals surface area contributed by atoms with E-state index in [0.29, 0.717) is 5.92 Å². The maximum Gasteiger partial charge on any atom is 0.217 e. The average molecular weight is 260 g/mol. The molecule has 1 fully saturated rings. The quantitative estimate of drug-likeness (QED) is 0.874. The molecule has 19 heavy (non-hydrogen) atoms. The highest BCUT2D eigenvalue weighted by Gasteiger charge is 2.16. The molecule has 1 heterocycles. The van der Waals surface area contributed by atoms with Crippen molar-refractivity contribution in [3.63, 3.8) is 0 Å². The van der Waals surface area contributed by atoms with Crippen LogP contribution in [0, 0.1) is 0 Å². The molecule has 1 unspecified atom stereocenters. The highest BCUT2D eigenvalue weighted by atomic mass is 16.1. The van der Waals surface area contributed by atoms with Crippen LogP contribution in [0.1, 0.15) is 56.2 Å². The van der Waals surface area contributed by atoms with Crippen LogP contribution in [0.15, 0.2) is 24.3 Å². The van der Waals surface area contributed by atoms with E-state index >= 15 is 0 Å². The standard InChI is InChI=1S/C16H24N2O/c1-3-16(18-12(2)19)15-6-4-13(5-7-15)14-8-10-17-11-9-14/h4-7,14,16-17H,3,8-11H2,1-2H3,(H,18,19). The van der Waals surface area contributed by atoms with Gasteiger partial charge in [0.2, 0.25) is 5.91 Å². The van der Waals surface area contributed by atoms with Crippen LogP contribution >= 0.6 is 0 Å². The van der Waals surface area contributed by atoms with Crippen LogP contribution in [0.3, 0.4) is 0 Å². The Morgan fingerprint density at radius 2 is 1.95 bits per heavy atom. The van der Waals surface area contributed by atoms with Gasteiger partial charge in [0.15, 0.2) is 0 Å². The highest BCUT2D eigenvalue weighted by Crippen LogP contribution is 2.26. The number of nitrogens with one attached hydrogen (secondary N) is 2. The molecule has 1 aromatic carbocycles. The molecule has 1 aliphatic heterocycles. The van der Waals surface area contributed by atoms with E-state index in [0.717, 1.165) is 19.5 Å². The van der Waals surface area contributed by atoms with Gasteiger partial charge < -0.3 is 10.6 Å². The van der Waals surface area contributed by atoms with E-state index in [-0.39, 0.29) is 11.9 Å². The van der Waals surface area contributed by atoms with Gasteiger partial charge in [-0.1, -0.05) is 31.2 Å². The summed E-state index contributed by atoms with van der Waals surface area (Å²) >= 11 is 0. The number of amides is 1. The fourth-order valence-corrected chi connectivity index (χ4v) is 2.82. The average Bonchev–Trinajstić information content (AvgIpc) is 2.46. The maximum atomic E-state index is 11.2. The third-order valence-electron chi connectivity index (χ3n) is 3.94. The largest absolute Gasteiger partial charge is 0.350 e. The molecule has 3 heteroatoms. The molecule has 0 spiro atoms. The number of rotatable bonds is 4. The smallest absolute Gasteiger partial charge is 0.217 e. The van der Waals surface area contributed by atoms with Gasteiger partial charge in [0.25, 0.3) is 0 Å². The zero-order valence-corrected chi connectivity index (χ0v) is 11.9. The molecule has 1 saturated heterocycles. The molecule has 0 aliphatic carbocycles. The number of carbonyl (C=O) groups is 1. The molecule has 1 aromatic rings. The Balaban J connectivity index is 2.05. The minimum atomic E-state index is 0.0364. The summed E-state index contributed by atoms with van der Waals surface area (Å²) in [5.74, 6) is 0.727. The molecule has 0 radical (unpaired) electrons. The van der Waals surface area contributed by atoms with Gasteiger partial charge in [-0.15, -0.1) is 0 Å². The van der Waals surface area contributed by atoms with Gasteiger partial charge in [0.05, 0.1) is 6.04 Å². The van der Waals surface area contributed by atoms with Crippen LogP contribution in [-0.4, -0.2) is 19.0 Å². The summed E-state index contributed by atoms with van der Waals surface area (Å²) in [4.78, 5) is 11.2. The second kappa shape index (κ2) is 6.71. The Bertz CT molecular complexity index is 407. The SMILES string of the molecule is CCC(NC(C)=O)c1ccc(C2CCNCC2)cc1. The predicted molar refractivity (Wildman–Crippen MR) is 78.1 cm³/mol. The van der Waals surface area contributed by atoms with Crippen molar-refractivity contribution in [3.8, 4) is 0 Å². The summed E-state index contributed by atoms with van der Waals surface area (Å²) in [6.07, 6.45) is 3.37. The normalized spacial score (nSPS) is 18.0. The second-order valence-corrected chi connectivity index (χ2v) is 5.35. The third kappa shape index (κ3) is 3.80. The van der Waals surface area contributed by atoms with Crippen LogP contribution in [0.2, 0.25) is 0 Å². The molecule has 2 N–H and O–H groups in total. The van der Waals surface area contributed by atoms with Gasteiger partial charge in [-0.3, -0.25) is 4.79 Å². The van der Waals surface area contributed by atoms with Gasteiger partial charge in [-0.2, -0.15) is 0 Å². The first kappa shape index (κ1) is 14.1. The summed E-state index contributed by atoms with van der Waals surface area (Å²) in [6.45, 7) is 5.92. The lowest BCUT2D eigenvalue weighted by atomic mass is 9.89. The fourth-order valence-electron chi connectivity index (χ4n) is 2.82. The zero-order chi connectivity index (χ0) is 13.7. The van der Waals surface area contributed by atoms with Crippen molar-refractivity contribution in [2.45, 2.75) is 45.1 Å². The molecule has 3 nitrogen and oxygen atoms in total. The second-order valence-electron chi connectivity index (χ2n) is 5.35. The number of benzene rings is 1. The van der Waals surface area contributed by atoms with E-state index in [1.807, 2.05) is 0 Å². The molecule has 1 amide bonds. The van der Waals surface area contributed by atoms with Crippen LogP contribution in [0.25, 0.3) is 0 Å². The molecule has 0 aromatic heterocycles. The van der Waals surface area contributed by atoms with Crippen molar-refractivity contribution in [2.24, 2.45) is 0 Å². The molecular weight excluding hydrogens is 236 g/mol. The lowest BCUT2D eigenvalue weighted by molar-refractivity contribution is -0.119. The van der Waals surface area contributed by atoms with Crippen molar-refractivity contribution in [2.75, 3.05) is 13.1 Å². The van der Waals surface area contributed by atoms with E-state index in [1.54, 1.807) is 6.92 Å². The van der Waals surface area contributed by atoms with Crippen molar-refractivity contribution in [1.82, 2.24) is 10.6 Å². The van der Waals surface area contributed by atoms with E-state index < -0.39 is 0 Å². The molecule has 1 atom stereocenters. The first-order valence-corrected chi connectivity index (χ1v) is 7.28. The Labute approximate surface area is 115 Å². The van der Waals surface area contributed by atoms with E-state index in [1.165, 1.54) is 24.0 Å². The molecule has 2 rings (SSSR count). The minimum absolute atomic E-state index is 0.0364. The Morgan fingerprint density at radius 3 is 2.47 bits per heavy atom. The van der Waals surface area contributed by atoms with E-state index in [2.05, 4.69) is 41.8 Å². The Hall–Kier alpha value is -1.35. The number of carbonyl (C=O) groups excluding carboxylic acids is 1. The summed E-state index contributed by atoms with van der Waals surface area (Å²) in [5, 5.41) is 6.39. The molecule has 0 saturated carbocycles. The van der Waals surface area contributed by atoms with Crippen LogP contribution in [0.5, 0.6) is 0 Å². The lowest BCUT2D eigenvalue weighted by Gasteiger charge is -2.24. The van der Waals surface area contributed by atoms with Crippen molar-refractivity contribution in [3.05, 3.63) is 35.4 Å². The molecular formula is C16H24N2O. The first-order chi connectivity index (χ1) is 9.20.